The largest absolute Gasteiger partial charge is 0.435 e. The quantitative estimate of drug-likeness (QED) is 0.195. The number of para-hydroxylation sites is 1. The van der Waals surface area contributed by atoms with Gasteiger partial charge < -0.3 is 4.74 Å². The van der Waals surface area contributed by atoms with Gasteiger partial charge in [0.2, 0.25) is 0 Å². The Morgan fingerprint density at radius 3 is 1.68 bits per heavy atom. The molecular weight excluding hydrogens is 557 g/mol. The van der Waals surface area contributed by atoms with E-state index in [0.29, 0.717) is 5.88 Å². The molecule has 0 saturated heterocycles. The predicted octanol–water partition coefficient (Wildman–Crippen LogP) is 11.2. The molecule has 0 atom stereocenters. The van der Waals surface area contributed by atoms with Crippen molar-refractivity contribution in [2.24, 2.45) is 0 Å². The highest BCUT2D eigenvalue weighted by Gasteiger charge is 2.23. The van der Waals surface area contributed by atoms with Crippen molar-refractivity contribution in [2.45, 2.75) is 9.92 Å². The first-order chi connectivity index (χ1) is 21.8. The van der Waals surface area contributed by atoms with E-state index in [1.165, 1.54) is 49.0 Å². The van der Waals surface area contributed by atoms with Gasteiger partial charge >= 0.3 is 0 Å². The molecule has 1 aromatic heterocycles. The monoisotopic (exact) mass is 580 g/mol. The maximum Gasteiger partial charge on any atom is 0.252 e. The summed E-state index contributed by atoms with van der Waals surface area (Å²) in [5.41, 5.74) is 6.86. The van der Waals surface area contributed by atoms with Crippen molar-refractivity contribution < 1.29 is 4.74 Å². The zero-order valence-corrected chi connectivity index (χ0v) is 24.4. The third-order valence-corrected chi connectivity index (χ3v) is 9.48. The zero-order chi connectivity index (χ0) is 29.0. The molecule has 0 aliphatic carbocycles. The smallest absolute Gasteiger partial charge is 0.252 e. The maximum atomic E-state index is 6.28. The zero-order valence-electron chi connectivity index (χ0n) is 23.6. The number of aromatic nitrogens is 2. The lowest BCUT2D eigenvalue weighted by Crippen LogP contribution is -2.00. The van der Waals surface area contributed by atoms with E-state index in [1.807, 2.05) is 0 Å². The number of ether oxygens (including phenoxy) is 1. The fourth-order valence-electron chi connectivity index (χ4n) is 6.41. The van der Waals surface area contributed by atoms with Gasteiger partial charge in [0.05, 0.1) is 4.90 Å². The number of nitrogens with zero attached hydrogens (tertiary/aromatic N) is 2. The molecular formula is C40H24N2OS. The van der Waals surface area contributed by atoms with E-state index in [4.69, 9.17) is 4.74 Å². The van der Waals surface area contributed by atoms with E-state index in [-0.39, 0.29) is 0 Å². The molecule has 44 heavy (non-hydrogen) atoms. The van der Waals surface area contributed by atoms with Gasteiger partial charge in [0.25, 0.3) is 5.88 Å². The molecule has 1 aliphatic rings. The van der Waals surface area contributed by atoms with Crippen LogP contribution in [0, 0.1) is 0 Å². The highest BCUT2D eigenvalue weighted by molar-refractivity contribution is 7.99. The van der Waals surface area contributed by atoms with Crippen LogP contribution in [0.15, 0.2) is 156 Å². The van der Waals surface area contributed by atoms with E-state index in [2.05, 4.69) is 143 Å². The second-order valence-electron chi connectivity index (χ2n) is 11.0. The molecule has 0 saturated carbocycles. The van der Waals surface area contributed by atoms with Gasteiger partial charge in [-0.05, 0) is 84.4 Å². The van der Waals surface area contributed by atoms with Crippen LogP contribution in [0.2, 0.25) is 0 Å². The molecule has 0 spiro atoms. The van der Waals surface area contributed by atoms with Crippen LogP contribution in [0.25, 0.3) is 65.7 Å². The summed E-state index contributed by atoms with van der Waals surface area (Å²) >= 11 is 1.59. The van der Waals surface area contributed by atoms with Gasteiger partial charge in [0, 0.05) is 18.0 Å². The lowest BCUT2D eigenvalue weighted by Gasteiger charge is -2.20. The highest BCUT2D eigenvalue weighted by atomic mass is 32.2. The molecule has 2 heterocycles. The Morgan fingerprint density at radius 2 is 0.977 bits per heavy atom. The highest BCUT2D eigenvalue weighted by Crippen LogP contribution is 2.49. The Kier molecular flexibility index (Phi) is 5.75. The van der Waals surface area contributed by atoms with Crippen LogP contribution < -0.4 is 4.74 Å². The van der Waals surface area contributed by atoms with Gasteiger partial charge in [-0.1, -0.05) is 121 Å². The van der Waals surface area contributed by atoms with Gasteiger partial charge in [-0.2, -0.15) is 0 Å². The van der Waals surface area contributed by atoms with Crippen LogP contribution in [0.5, 0.6) is 11.6 Å². The Hall–Kier alpha value is -5.45. The van der Waals surface area contributed by atoms with Gasteiger partial charge in [-0.3, -0.25) is 0 Å². The van der Waals surface area contributed by atoms with Crippen molar-refractivity contribution in [3.63, 3.8) is 0 Å². The number of rotatable bonds is 3. The van der Waals surface area contributed by atoms with Gasteiger partial charge in [0.15, 0.2) is 10.8 Å². The summed E-state index contributed by atoms with van der Waals surface area (Å²) in [4.78, 5) is 9.87. The SMILES string of the molecule is c1cc(-c2cccc(-c3cccc4c3Oc3nccnc3S4)c2)cc(-c2ccc3c4ccccc4c4ccccc4c3c2)c1. The van der Waals surface area contributed by atoms with Crippen LogP contribution in [0.4, 0.5) is 0 Å². The molecule has 0 bridgehead atoms. The molecule has 7 aromatic carbocycles. The molecule has 0 N–H and O–H groups in total. The number of benzene rings is 7. The summed E-state index contributed by atoms with van der Waals surface area (Å²) in [5.74, 6) is 1.38. The first kappa shape index (κ1) is 25.1. The molecule has 8 aromatic rings. The van der Waals surface area contributed by atoms with Crippen molar-refractivity contribution in [1.82, 2.24) is 9.97 Å². The van der Waals surface area contributed by atoms with Crippen molar-refractivity contribution in [1.29, 1.82) is 0 Å². The molecule has 3 nitrogen and oxygen atoms in total. The molecule has 9 rings (SSSR count). The Balaban J connectivity index is 1.13. The van der Waals surface area contributed by atoms with Gasteiger partial charge in [0.1, 0.15) is 0 Å². The van der Waals surface area contributed by atoms with E-state index < -0.39 is 0 Å². The summed E-state index contributed by atoms with van der Waals surface area (Å²) in [6.45, 7) is 0. The minimum absolute atomic E-state index is 0.553. The minimum atomic E-state index is 0.553. The average Bonchev–Trinajstić information content (AvgIpc) is 3.10. The second-order valence-corrected chi connectivity index (χ2v) is 12.0. The van der Waals surface area contributed by atoms with Gasteiger partial charge in [-0.15, -0.1) is 0 Å². The third kappa shape index (κ3) is 4.07. The van der Waals surface area contributed by atoms with Crippen LogP contribution >= 0.6 is 11.8 Å². The number of hydrogen-bond acceptors (Lipinski definition) is 4. The average molecular weight is 581 g/mol. The van der Waals surface area contributed by atoms with Crippen molar-refractivity contribution >= 4 is 44.1 Å². The fourth-order valence-corrected chi connectivity index (χ4v) is 7.31. The molecule has 4 heteroatoms. The summed E-state index contributed by atoms with van der Waals surface area (Å²) in [6, 6.07) is 48.1. The van der Waals surface area contributed by atoms with Gasteiger partial charge in [-0.25, -0.2) is 9.97 Å². The van der Waals surface area contributed by atoms with E-state index in [9.17, 15) is 0 Å². The first-order valence-electron chi connectivity index (χ1n) is 14.6. The normalized spacial score (nSPS) is 12.2. The number of hydrogen-bond donors (Lipinski definition) is 0. The van der Waals surface area contributed by atoms with Crippen LogP contribution in [-0.4, -0.2) is 9.97 Å². The Bertz CT molecular complexity index is 2380. The Morgan fingerprint density at radius 1 is 0.432 bits per heavy atom. The number of fused-ring (bicyclic) bond motifs is 8. The summed E-state index contributed by atoms with van der Waals surface area (Å²) in [7, 11) is 0. The predicted molar refractivity (Wildman–Crippen MR) is 181 cm³/mol. The molecule has 1 aliphatic heterocycles. The topological polar surface area (TPSA) is 35.0 Å². The summed E-state index contributed by atoms with van der Waals surface area (Å²) < 4.78 is 6.28. The lowest BCUT2D eigenvalue weighted by molar-refractivity contribution is 0.430. The molecule has 0 radical (unpaired) electrons. The molecule has 206 valence electrons. The van der Waals surface area contributed by atoms with Crippen LogP contribution in [0.1, 0.15) is 0 Å². The van der Waals surface area contributed by atoms with E-state index in [0.717, 1.165) is 32.4 Å². The lowest BCUT2D eigenvalue weighted by atomic mass is 9.91. The van der Waals surface area contributed by atoms with E-state index in [1.54, 1.807) is 24.2 Å². The summed E-state index contributed by atoms with van der Waals surface area (Å²) in [5, 5.41) is 8.52. The molecule has 0 unspecified atom stereocenters. The third-order valence-electron chi connectivity index (χ3n) is 8.46. The first-order valence-corrected chi connectivity index (χ1v) is 15.5. The Labute approximate surface area is 258 Å². The van der Waals surface area contributed by atoms with Crippen molar-refractivity contribution in [3.8, 4) is 45.0 Å². The van der Waals surface area contributed by atoms with Crippen LogP contribution in [0.3, 0.4) is 0 Å². The molecule has 0 fully saturated rings. The van der Waals surface area contributed by atoms with Crippen molar-refractivity contribution in [2.75, 3.05) is 0 Å². The fraction of sp³-hybridized carbons (Fsp3) is 0. The maximum absolute atomic E-state index is 6.28. The van der Waals surface area contributed by atoms with Crippen molar-refractivity contribution in [3.05, 3.63) is 146 Å². The van der Waals surface area contributed by atoms with Crippen LogP contribution in [-0.2, 0) is 0 Å². The second kappa shape index (κ2) is 10.1. The molecule has 0 amide bonds. The minimum Gasteiger partial charge on any atom is -0.435 e. The van der Waals surface area contributed by atoms with E-state index >= 15 is 0 Å². The standard InChI is InChI=1S/C40H24N2OS/c1-2-14-33-31(12-1)32-13-3-4-15-34(32)36-24-28(18-19-35(33)36)26-9-5-8-25(22-26)27-10-6-11-29(23-27)30-16-7-17-37-38(30)43-39-40(44-37)42-21-20-41-39/h1-24H. The summed E-state index contributed by atoms with van der Waals surface area (Å²) in [6.07, 6.45) is 3.37.